The van der Waals surface area contributed by atoms with Gasteiger partial charge in [-0.3, -0.25) is 24.5 Å². The van der Waals surface area contributed by atoms with Crippen LogP contribution in [0, 0.1) is 5.92 Å². The lowest BCUT2D eigenvalue weighted by Crippen LogP contribution is -2.50. The number of hydrogen-bond acceptors (Lipinski definition) is 12. The highest BCUT2D eigenvalue weighted by atomic mass is 32.2. The van der Waals surface area contributed by atoms with Crippen LogP contribution in [0.15, 0.2) is 90.0 Å². The van der Waals surface area contributed by atoms with Crippen molar-refractivity contribution < 1.29 is 37.4 Å². The van der Waals surface area contributed by atoms with Crippen molar-refractivity contribution in [3.8, 4) is 11.5 Å². The first kappa shape index (κ1) is 43.2. The zero-order chi connectivity index (χ0) is 42.0. The minimum absolute atomic E-state index is 0.0112. The van der Waals surface area contributed by atoms with Gasteiger partial charge in [0.15, 0.2) is 25.6 Å². The smallest absolute Gasteiger partial charge is 0.488 e. The van der Waals surface area contributed by atoms with Crippen LogP contribution in [0.3, 0.4) is 0 Å². The van der Waals surface area contributed by atoms with Crippen molar-refractivity contribution in [2.24, 2.45) is 5.92 Å². The first-order chi connectivity index (χ1) is 27.5. The fourth-order valence-electron chi connectivity index (χ4n) is 6.65. The Morgan fingerprint density at radius 2 is 1.52 bits per heavy atom. The molecule has 0 aliphatic carbocycles. The van der Waals surface area contributed by atoms with Crippen LogP contribution in [0.1, 0.15) is 56.7 Å². The highest BCUT2D eigenvalue weighted by Gasteiger charge is 2.54. The lowest BCUT2D eigenvalue weighted by atomic mass is 9.80. The number of rotatable bonds is 15. The van der Waals surface area contributed by atoms with E-state index in [1.165, 1.54) is 18.1 Å². The monoisotopic (exact) mass is 847 g/mol. The molecule has 0 bridgehead atoms. The molecule has 58 heavy (non-hydrogen) atoms. The van der Waals surface area contributed by atoms with Crippen molar-refractivity contribution in [2.45, 2.75) is 81.2 Å². The molecule has 1 saturated heterocycles. The number of amides is 1. The molecule has 0 spiro atoms. The number of anilines is 1. The SMILES string of the molecule is COc1ccc(C(OCC2S[C@@H](n3cnc4c(=O)[nH]c(NC(=O)C(C)C)nc43)[C@H](O[P+](=O)[O-])[C@@H]2O[Si](C)(C)C(C)(C)C)(c2ccccc2)c2ccc(OC)cc2)cc1. The molecule has 1 amide bonds. The Balaban J connectivity index is 1.51. The molecule has 6 rings (SSSR count). The number of carbonyl (C=O) groups excluding carboxylic acids is 1. The fourth-order valence-corrected chi connectivity index (χ4v) is 10.1. The summed E-state index contributed by atoms with van der Waals surface area (Å²) in [7, 11) is -2.77. The van der Waals surface area contributed by atoms with E-state index in [0.717, 1.165) is 16.7 Å². The summed E-state index contributed by atoms with van der Waals surface area (Å²) in [5.41, 5.74) is 0.888. The summed E-state index contributed by atoms with van der Waals surface area (Å²) in [5.74, 6) is 0.570. The van der Waals surface area contributed by atoms with Crippen molar-refractivity contribution >= 4 is 51.4 Å². The van der Waals surface area contributed by atoms with Crippen molar-refractivity contribution in [1.82, 2.24) is 19.5 Å². The van der Waals surface area contributed by atoms with Gasteiger partial charge in [0.05, 0.1) is 38.5 Å². The molecule has 1 fully saturated rings. The van der Waals surface area contributed by atoms with Crippen LogP contribution in [0.25, 0.3) is 11.2 Å². The normalized spacial score (nSPS) is 19.1. The summed E-state index contributed by atoms with van der Waals surface area (Å²) in [6.07, 6.45) is -0.472. The van der Waals surface area contributed by atoms with Gasteiger partial charge in [-0.2, -0.15) is 4.98 Å². The fraction of sp³-hybridized carbons (Fsp3) is 0.415. The van der Waals surface area contributed by atoms with Gasteiger partial charge in [0.2, 0.25) is 11.9 Å². The van der Waals surface area contributed by atoms with Gasteiger partial charge >= 0.3 is 8.25 Å². The van der Waals surface area contributed by atoms with Crippen LogP contribution in [-0.2, 0) is 28.6 Å². The maximum Gasteiger partial charge on any atom is 0.488 e. The number of ether oxygens (including phenoxy) is 3. The van der Waals surface area contributed by atoms with E-state index in [0.29, 0.717) is 11.5 Å². The molecule has 0 saturated carbocycles. The van der Waals surface area contributed by atoms with Gasteiger partial charge in [-0.1, -0.05) is 89.2 Å². The number of thioether (sulfide) groups is 1. The highest BCUT2D eigenvalue weighted by molar-refractivity contribution is 8.00. The number of methoxy groups -OCH3 is 2. The average molecular weight is 848 g/mol. The first-order valence-corrected chi connectivity index (χ1v) is 23.8. The highest BCUT2D eigenvalue weighted by Crippen LogP contribution is 2.52. The number of H-pyrrole nitrogens is 1. The number of nitrogens with one attached hydrogen (secondary N) is 2. The zero-order valence-corrected chi connectivity index (χ0v) is 36.8. The first-order valence-electron chi connectivity index (χ1n) is 18.9. The third kappa shape index (κ3) is 8.78. The van der Waals surface area contributed by atoms with Gasteiger partial charge in [0.25, 0.3) is 5.56 Å². The van der Waals surface area contributed by atoms with Crippen molar-refractivity contribution in [1.29, 1.82) is 0 Å². The van der Waals surface area contributed by atoms with Gasteiger partial charge in [0.1, 0.15) is 22.5 Å². The lowest BCUT2D eigenvalue weighted by Gasteiger charge is -2.41. The van der Waals surface area contributed by atoms with E-state index in [2.05, 4.69) is 54.1 Å². The third-order valence-electron chi connectivity index (χ3n) is 10.8. The van der Waals surface area contributed by atoms with Crippen molar-refractivity contribution in [3.63, 3.8) is 0 Å². The van der Waals surface area contributed by atoms with Crippen LogP contribution in [0.5, 0.6) is 11.5 Å². The number of imidazole rings is 1. The topological polar surface area (TPSA) is 179 Å². The van der Waals surface area contributed by atoms with Crippen LogP contribution < -0.4 is 25.2 Å². The van der Waals surface area contributed by atoms with E-state index in [1.54, 1.807) is 32.6 Å². The standard InChI is InChI=1S/C41H50N5O9PSSi/c1-25(2)36(47)44-39-43-35-32(37(48)45-39)42-24-46(35)38-34(54-56(49)50)33(55-58(8,9)40(3,4)5)31(57-38)23-53-41(26-13-11-10-12-14-26,27-15-19-29(51-6)20-16-27)28-17-21-30(52-7)22-18-28/h10-22,24-25,31,33-34,38H,23H2,1-9H3,(H2,43,44,45,47,48)/t31?,33-,34-,38-/m1/s1. The molecule has 17 heteroatoms. The third-order valence-corrected chi connectivity index (χ3v) is 17.3. The molecule has 0 radical (unpaired) electrons. The van der Waals surface area contributed by atoms with Gasteiger partial charge in [0, 0.05) is 5.92 Å². The second kappa shape index (κ2) is 17.4. The van der Waals surface area contributed by atoms with E-state index in [1.807, 2.05) is 78.9 Å². The molecule has 2 unspecified atom stereocenters. The van der Waals surface area contributed by atoms with E-state index in [4.69, 9.17) is 23.2 Å². The van der Waals surface area contributed by atoms with Gasteiger partial charge in [-0.05, 0) is 63.7 Å². The molecule has 2 N–H and O–H groups in total. The predicted molar refractivity (Wildman–Crippen MR) is 225 cm³/mol. The summed E-state index contributed by atoms with van der Waals surface area (Å²) in [6.45, 7) is 14.0. The van der Waals surface area contributed by atoms with Crippen molar-refractivity contribution in [2.75, 3.05) is 26.1 Å². The van der Waals surface area contributed by atoms with E-state index in [-0.39, 0.29) is 40.6 Å². The summed E-state index contributed by atoms with van der Waals surface area (Å²) >= 11 is 1.38. The number of hydrogen-bond donors (Lipinski definition) is 2. The molecule has 1 aliphatic heterocycles. The predicted octanol–water partition coefficient (Wildman–Crippen LogP) is 7.15. The number of benzene rings is 3. The average Bonchev–Trinajstić information content (AvgIpc) is 3.76. The molecule has 2 aromatic heterocycles. The van der Waals surface area contributed by atoms with Gasteiger partial charge in [-0.15, -0.1) is 16.3 Å². The Morgan fingerprint density at radius 3 is 2.03 bits per heavy atom. The summed E-state index contributed by atoms with van der Waals surface area (Å²) in [5, 5.41) is 1.06. The molecular formula is C41H50N5O9PSSi. The van der Waals surface area contributed by atoms with Gasteiger partial charge < -0.3 is 23.5 Å². The Morgan fingerprint density at radius 1 is 0.948 bits per heavy atom. The summed E-state index contributed by atoms with van der Waals surface area (Å²) in [4.78, 5) is 50.0. The Bertz CT molecular complexity index is 2230. The molecular weight excluding hydrogens is 798 g/mol. The van der Waals surface area contributed by atoms with Crippen LogP contribution in [-0.4, -0.2) is 72.0 Å². The summed E-state index contributed by atoms with van der Waals surface area (Å²) in [6, 6.07) is 25.3. The number of aromatic amines is 1. The van der Waals surface area contributed by atoms with Crippen LogP contribution >= 0.6 is 20.0 Å². The second-order valence-electron chi connectivity index (χ2n) is 15.9. The maximum atomic E-state index is 13.3. The number of carbonyl (C=O) groups is 1. The van der Waals surface area contributed by atoms with Crippen LogP contribution in [0.4, 0.5) is 5.95 Å². The Kier molecular flexibility index (Phi) is 13.0. The number of aromatic nitrogens is 4. The second-order valence-corrected chi connectivity index (χ2v) is 22.7. The van der Waals surface area contributed by atoms with Gasteiger partial charge in [-0.25, -0.2) is 4.98 Å². The zero-order valence-electron chi connectivity index (χ0n) is 34.0. The lowest BCUT2D eigenvalue weighted by molar-refractivity contribution is -0.192. The Hall–Kier alpha value is -4.41. The molecule has 3 heterocycles. The largest absolute Gasteiger partial charge is 0.566 e. The molecule has 308 valence electrons. The van der Waals surface area contributed by atoms with E-state index < -0.39 is 50.6 Å². The maximum absolute atomic E-state index is 13.3. The number of nitrogens with zero attached hydrogens (tertiary/aromatic N) is 3. The molecule has 5 atom stereocenters. The quantitative estimate of drug-likeness (QED) is 0.0619. The molecule has 14 nitrogen and oxygen atoms in total. The molecule has 3 aromatic carbocycles. The molecule has 5 aromatic rings. The minimum atomic E-state index is -3.38. The summed E-state index contributed by atoms with van der Waals surface area (Å²) < 4.78 is 45.5. The Labute approximate surface area is 344 Å². The minimum Gasteiger partial charge on any atom is -0.566 e. The van der Waals surface area contributed by atoms with Crippen LogP contribution in [0.2, 0.25) is 18.1 Å². The molecule has 1 aliphatic rings. The van der Waals surface area contributed by atoms with Crippen molar-refractivity contribution in [3.05, 3.63) is 112 Å². The van der Waals surface area contributed by atoms with E-state index >= 15 is 0 Å². The van der Waals surface area contributed by atoms with E-state index in [9.17, 15) is 19.0 Å². The number of fused-ring (bicyclic) bond motifs is 1.